The van der Waals surface area contributed by atoms with Crippen LogP contribution >= 0.6 is 0 Å². The minimum Gasteiger partial charge on any atom is -0.495 e. The molecule has 1 saturated heterocycles. The summed E-state index contributed by atoms with van der Waals surface area (Å²) in [6, 6.07) is 5.03. The Morgan fingerprint density at radius 3 is 2.39 bits per heavy atom. The summed E-state index contributed by atoms with van der Waals surface area (Å²) in [5.74, 6) is 0.875. The lowest BCUT2D eigenvalue weighted by Crippen LogP contribution is -2.41. The van der Waals surface area contributed by atoms with Crippen molar-refractivity contribution in [2.75, 3.05) is 25.5 Å². The van der Waals surface area contributed by atoms with Crippen LogP contribution in [0.2, 0.25) is 0 Å². The number of carbonyl (C=O) groups is 1. The van der Waals surface area contributed by atoms with Crippen molar-refractivity contribution in [3.8, 4) is 5.75 Å². The van der Waals surface area contributed by atoms with Crippen LogP contribution in [-0.4, -0.2) is 44.0 Å². The number of sulfonamides is 1. The van der Waals surface area contributed by atoms with E-state index in [-0.39, 0.29) is 29.8 Å². The average molecular weight is 407 g/mol. The molecule has 0 radical (unpaired) electrons. The molecule has 8 nitrogen and oxygen atoms in total. The summed E-state index contributed by atoms with van der Waals surface area (Å²) in [4.78, 5) is 12.6. The van der Waals surface area contributed by atoms with E-state index in [4.69, 9.17) is 9.26 Å². The molecule has 0 saturated carbocycles. The summed E-state index contributed by atoms with van der Waals surface area (Å²) < 4.78 is 37.9. The van der Waals surface area contributed by atoms with Gasteiger partial charge in [-0.3, -0.25) is 4.79 Å². The van der Waals surface area contributed by atoms with Gasteiger partial charge < -0.3 is 14.6 Å². The van der Waals surface area contributed by atoms with Gasteiger partial charge in [0.05, 0.1) is 7.11 Å². The number of nitrogens with one attached hydrogen (secondary N) is 1. The van der Waals surface area contributed by atoms with Gasteiger partial charge in [-0.2, -0.15) is 4.31 Å². The molecule has 28 heavy (non-hydrogen) atoms. The SMILES string of the molecule is COc1cc(C)c(C)cc1S(=O)(=O)N1CCC(C(=O)Nc2cc(C)on2)CC1. The molecule has 0 spiro atoms. The van der Waals surface area contributed by atoms with Gasteiger partial charge in [-0.25, -0.2) is 8.42 Å². The average Bonchev–Trinajstić information content (AvgIpc) is 3.08. The first-order valence-corrected chi connectivity index (χ1v) is 10.6. The number of methoxy groups -OCH3 is 1. The van der Waals surface area contributed by atoms with E-state index in [0.29, 0.717) is 30.2 Å². The number of carbonyl (C=O) groups excluding carboxylic acids is 1. The Morgan fingerprint density at radius 2 is 1.82 bits per heavy atom. The third-order valence-corrected chi connectivity index (χ3v) is 7.02. The summed E-state index contributed by atoms with van der Waals surface area (Å²) >= 11 is 0. The minimum atomic E-state index is -3.70. The smallest absolute Gasteiger partial charge is 0.246 e. The van der Waals surface area contributed by atoms with Gasteiger partial charge in [0, 0.05) is 25.1 Å². The number of nitrogens with zero attached hydrogens (tertiary/aromatic N) is 2. The lowest BCUT2D eigenvalue weighted by Gasteiger charge is -2.30. The van der Waals surface area contributed by atoms with Gasteiger partial charge in [-0.1, -0.05) is 5.16 Å². The third kappa shape index (κ3) is 4.05. The number of hydrogen-bond acceptors (Lipinski definition) is 6. The molecule has 3 rings (SSSR count). The first-order valence-electron chi connectivity index (χ1n) is 9.12. The summed E-state index contributed by atoms with van der Waals surface area (Å²) in [6.45, 7) is 6.07. The zero-order valence-electron chi connectivity index (χ0n) is 16.5. The van der Waals surface area contributed by atoms with E-state index in [2.05, 4.69) is 10.5 Å². The van der Waals surface area contributed by atoms with Crippen molar-refractivity contribution in [3.05, 3.63) is 35.1 Å². The van der Waals surface area contributed by atoms with Gasteiger partial charge in [0.2, 0.25) is 15.9 Å². The molecule has 0 atom stereocenters. The van der Waals surface area contributed by atoms with Crippen molar-refractivity contribution >= 4 is 21.7 Å². The quantitative estimate of drug-likeness (QED) is 0.818. The summed E-state index contributed by atoms with van der Waals surface area (Å²) in [7, 11) is -2.24. The molecule has 1 aliphatic rings. The van der Waals surface area contributed by atoms with Crippen LogP contribution < -0.4 is 10.1 Å². The van der Waals surface area contributed by atoms with Gasteiger partial charge in [0.15, 0.2) is 5.82 Å². The standard InChI is InChI=1S/C19H25N3O5S/c1-12-9-16(26-4)17(10-13(12)2)28(24,25)22-7-5-15(6-8-22)19(23)20-18-11-14(3)27-21-18/h9-11,15H,5-8H2,1-4H3,(H,20,21,23). The fraction of sp³-hybridized carbons (Fsp3) is 0.474. The first-order chi connectivity index (χ1) is 13.2. The molecule has 1 N–H and O–H groups in total. The van der Waals surface area contributed by atoms with Crippen LogP contribution in [0.15, 0.2) is 27.6 Å². The molecule has 1 amide bonds. The molecule has 2 aromatic rings. The lowest BCUT2D eigenvalue weighted by atomic mass is 9.97. The molecule has 0 unspecified atom stereocenters. The summed E-state index contributed by atoms with van der Waals surface area (Å²) in [6.07, 6.45) is 0.879. The number of benzene rings is 1. The molecule has 0 aliphatic carbocycles. The summed E-state index contributed by atoms with van der Waals surface area (Å²) in [5.41, 5.74) is 1.85. The lowest BCUT2D eigenvalue weighted by molar-refractivity contribution is -0.120. The predicted molar refractivity (Wildman–Crippen MR) is 104 cm³/mol. The van der Waals surface area contributed by atoms with Crippen molar-refractivity contribution in [2.24, 2.45) is 5.92 Å². The number of anilines is 1. The van der Waals surface area contributed by atoms with E-state index in [9.17, 15) is 13.2 Å². The zero-order chi connectivity index (χ0) is 20.5. The first kappa shape index (κ1) is 20.3. The van der Waals surface area contributed by atoms with Crippen molar-refractivity contribution in [2.45, 2.75) is 38.5 Å². The van der Waals surface area contributed by atoms with Crippen LogP contribution in [0, 0.1) is 26.7 Å². The van der Waals surface area contributed by atoms with Gasteiger partial charge in [0.25, 0.3) is 0 Å². The number of rotatable bonds is 5. The maximum atomic E-state index is 13.1. The van der Waals surface area contributed by atoms with Crippen LogP contribution in [-0.2, 0) is 14.8 Å². The van der Waals surface area contributed by atoms with Crippen molar-refractivity contribution in [3.63, 3.8) is 0 Å². The number of ether oxygens (including phenoxy) is 1. The maximum absolute atomic E-state index is 13.1. The largest absolute Gasteiger partial charge is 0.495 e. The number of aryl methyl sites for hydroxylation is 3. The monoisotopic (exact) mass is 407 g/mol. The van der Waals surface area contributed by atoms with Crippen molar-refractivity contribution < 1.29 is 22.5 Å². The van der Waals surface area contributed by atoms with Gasteiger partial charge in [-0.15, -0.1) is 0 Å². The van der Waals surface area contributed by atoms with Gasteiger partial charge in [-0.05, 0) is 56.9 Å². The highest BCUT2D eigenvalue weighted by Gasteiger charge is 2.34. The van der Waals surface area contributed by atoms with E-state index < -0.39 is 10.0 Å². The van der Waals surface area contributed by atoms with E-state index in [1.165, 1.54) is 11.4 Å². The molecule has 1 aliphatic heterocycles. The topological polar surface area (TPSA) is 102 Å². The highest BCUT2D eigenvalue weighted by molar-refractivity contribution is 7.89. The molecular formula is C19H25N3O5S. The Kier molecular flexibility index (Phi) is 5.76. The van der Waals surface area contributed by atoms with E-state index in [1.54, 1.807) is 25.1 Å². The number of aromatic nitrogens is 1. The van der Waals surface area contributed by atoms with Gasteiger partial charge >= 0.3 is 0 Å². The third-order valence-electron chi connectivity index (χ3n) is 5.10. The van der Waals surface area contributed by atoms with Gasteiger partial charge in [0.1, 0.15) is 16.4 Å². The fourth-order valence-electron chi connectivity index (χ4n) is 3.28. The highest BCUT2D eigenvalue weighted by atomic mass is 32.2. The fourth-order valence-corrected chi connectivity index (χ4v) is 4.97. The Labute approximate surface area is 164 Å². The molecule has 1 aromatic carbocycles. The second-order valence-electron chi connectivity index (χ2n) is 7.08. The molecule has 152 valence electrons. The van der Waals surface area contributed by atoms with Crippen molar-refractivity contribution in [1.29, 1.82) is 0 Å². The molecule has 2 heterocycles. The second kappa shape index (κ2) is 7.92. The van der Waals surface area contributed by atoms with Crippen LogP contribution in [0.1, 0.15) is 29.7 Å². The van der Waals surface area contributed by atoms with E-state index in [0.717, 1.165) is 11.1 Å². The van der Waals surface area contributed by atoms with E-state index >= 15 is 0 Å². The molecule has 0 bridgehead atoms. The Hall–Kier alpha value is -2.39. The van der Waals surface area contributed by atoms with Crippen LogP contribution in [0.3, 0.4) is 0 Å². The molecule has 9 heteroatoms. The number of hydrogen-bond donors (Lipinski definition) is 1. The Morgan fingerprint density at radius 1 is 1.18 bits per heavy atom. The Bertz CT molecular complexity index is 975. The molecule has 1 aromatic heterocycles. The van der Waals surface area contributed by atoms with Crippen molar-refractivity contribution in [1.82, 2.24) is 9.46 Å². The number of piperidine rings is 1. The number of amides is 1. The van der Waals surface area contributed by atoms with Crippen LogP contribution in [0.5, 0.6) is 5.75 Å². The zero-order valence-corrected chi connectivity index (χ0v) is 17.3. The normalized spacial score (nSPS) is 16.1. The second-order valence-corrected chi connectivity index (χ2v) is 8.98. The molecular weight excluding hydrogens is 382 g/mol. The van der Waals surface area contributed by atoms with Crippen LogP contribution in [0.4, 0.5) is 5.82 Å². The molecule has 1 fully saturated rings. The van der Waals surface area contributed by atoms with E-state index in [1.807, 2.05) is 13.8 Å². The summed E-state index contributed by atoms with van der Waals surface area (Å²) in [5, 5.41) is 6.47. The highest BCUT2D eigenvalue weighted by Crippen LogP contribution is 2.32. The van der Waals surface area contributed by atoms with Crippen LogP contribution in [0.25, 0.3) is 0 Å². The maximum Gasteiger partial charge on any atom is 0.246 e. The minimum absolute atomic E-state index is 0.166. The predicted octanol–water partition coefficient (Wildman–Crippen LogP) is 2.65. The Balaban J connectivity index is 1.70.